The number of halogens is 1. The third-order valence-corrected chi connectivity index (χ3v) is 4.07. The Morgan fingerprint density at radius 2 is 2.04 bits per heavy atom. The molecule has 3 aromatic rings. The summed E-state index contributed by atoms with van der Waals surface area (Å²) in [5.41, 5.74) is 0.729. The van der Waals surface area contributed by atoms with Crippen LogP contribution in [-0.2, 0) is 6.54 Å². The molecule has 0 aliphatic rings. The molecule has 24 heavy (non-hydrogen) atoms. The van der Waals surface area contributed by atoms with Gasteiger partial charge in [-0.05, 0) is 23.9 Å². The van der Waals surface area contributed by atoms with Crippen LogP contribution >= 0.6 is 22.9 Å². The van der Waals surface area contributed by atoms with Crippen LogP contribution in [0.4, 0.5) is 5.69 Å². The zero-order chi connectivity index (χ0) is 17.7. The number of nitro groups is 1. The molecule has 2 N–H and O–H groups in total. The fourth-order valence-corrected chi connectivity index (χ4v) is 2.88. The monoisotopic (exact) mass is 368 g/mol. The fourth-order valence-electron chi connectivity index (χ4n) is 1.92. The van der Waals surface area contributed by atoms with E-state index in [2.05, 4.69) is 21.9 Å². The molecular weight excluding hydrogens is 356 g/mol. The summed E-state index contributed by atoms with van der Waals surface area (Å²) in [6.45, 7) is 0.959. The van der Waals surface area contributed by atoms with E-state index in [0.717, 1.165) is 12.6 Å². The standard InChI is InChI=1S/C8H11N.C7H2ClNO5S/c1-9-7-8-5-3-2-4-6-8;8-2-1-3-6(15-7(11)14-3)4(5(2)10)9(12)13/h2-6,9H,7H2,1H3;1,10H. The summed E-state index contributed by atoms with van der Waals surface area (Å²) in [6.07, 6.45) is 0. The Balaban J connectivity index is 0.000000198. The first-order valence-corrected chi connectivity index (χ1v) is 7.91. The summed E-state index contributed by atoms with van der Waals surface area (Å²) < 4.78 is 4.64. The molecule has 2 aromatic carbocycles. The topological polar surface area (TPSA) is 106 Å². The molecule has 126 valence electrons. The average Bonchev–Trinajstić information content (AvgIpc) is 2.89. The van der Waals surface area contributed by atoms with E-state index in [1.54, 1.807) is 0 Å². The van der Waals surface area contributed by atoms with Crippen LogP contribution in [0.1, 0.15) is 5.56 Å². The molecule has 1 heterocycles. The van der Waals surface area contributed by atoms with Crippen molar-refractivity contribution in [1.82, 2.24) is 5.32 Å². The van der Waals surface area contributed by atoms with Crippen LogP contribution in [0, 0.1) is 10.1 Å². The normalized spacial score (nSPS) is 10.2. The highest BCUT2D eigenvalue weighted by Gasteiger charge is 2.25. The van der Waals surface area contributed by atoms with Crippen molar-refractivity contribution in [1.29, 1.82) is 0 Å². The van der Waals surface area contributed by atoms with Gasteiger partial charge >= 0.3 is 10.6 Å². The second-order valence-corrected chi connectivity index (χ2v) is 5.96. The minimum atomic E-state index is -0.811. The zero-order valence-corrected chi connectivity index (χ0v) is 14.1. The van der Waals surface area contributed by atoms with Gasteiger partial charge in [-0.2, -0.15) is 0 Å². The van der Waals surface area contributed by atoms with Gasteiger partial charge < -0.3 is 14.8 Å². The van der Waals surface area contributed by atoms with Crippen molar-refractivity contribution in [3.05, 3.63) is 66.8 Å². The molecule has 7 nitrogen and oxygen atoms in total. The van der Waals surface area contributed by atoms with Crippen molar-refractivity contribution in [2.24, 2.45) is 0 Å². The number of nitrogens with one attached hydrogen (secondary N) is 1. The minimum absolute atomic E-state index is 0.000463. The third kappa shape index (κ3) is 4.10. The predicted molar refractivity (Wildman–Crippen MR) is 92.9 cm³/mol. The van der Waals surface area contributed by atoms with Crippen LogP contribution in [0.3, 0.4) is 0 Å². The molecule has 0 fully saturated rings. The van der Waals surface area contributed by atoms with E-state index in [1.807, 2.05) is 25.2 Å². The van der Waals surface area contributed by atoms with Crippen molar-refractivity contribution >= 4 is 38.9 Å². The maximum absolute atomic E-state index is 10.9. The number of phenols is 1. The van der Waals surface area contributed by atoms with Crippen LogP contribution in [0.5, 0.6) is 5.75 Å². The Bertz CT molecular complexity index is 907. The first-order chi connectivity index (χ1) is 11.4. The molecule has 0 aliphatic heterocycles. The largest absolute Gasteiger partial charge is 0.501 e. The lowest BCUT2D eigenvalue weighted by atomic mass is 10.2. The molecule has 0 aliphatic carbocycles. The van der Waals surface area contributed by atoms with Gasteiger partial charge in [0.05, 0.1) is 9.95 Å². The first kappa shape index (κ1) is 17.9. The maximum Gasteiger partial charge on any atom is 0.396 e. The summed E-state index contributed by atoms with van der Waals surface area (Å²) in [5, 5.41) is 22.9. The molecule has 1 aromatic heterocycles. The molecule has 0 unspecified atom stereocenters. The molecule has 3 rings (SSSR count). The average molecular weight is 369 g/mol. The molecule has 0 saturated heterocycles. The van der Waals surface area contributed by atoms with E-state index in [1.165, 1.54) is 5.56 Å². The number of rotatable bonds is 3. The number of aromatic hydroxyl groups is 1. The van der Waals surface area contributed by atoms with Crippen LogP contribution in [0.25, 0.3) is 10.3 Å². The molecule has 0 saturated carbocycles. The maximum atomic E-state index is 10.9. The SMILES string of the molecule is CNCc1ccccc1.O=c1oc2cc(Cl)c(O)c([N+](=O)[O-])c2s1. The number of hydrogen-bond acceptors (Lipinski definition) is 7. The van der Waals surface area contributed by atoms with Crippen molar-refractivity contribution in [3.8, 4) is 5.75 Å². The number of nitrogens with zero attached hydrogens (tertiary/aromatic N) is 1. The van der Waals surface area contributed by atoms with Crippen molar-refractivity contribution in [3.63, 3.8) is 0 Å². The van der Waals surface area contributed by atoms with E-state index in [0.29, 0.717) is 11.3 Å². The van der Waals surface area contributed by atoms with Crippen LogP contribution in [-0.4, -0.2) is 17.1 Å². The van der Waals surface area contributed by atoms with Gasteiger partial charge in [-0.25, -0.2) is 4.79 Å². The number of benzene rings is 2. The van der Waals surface area contributed by atoms with E-state index >= 15 is 0 Å². The van der Waals surface area contributed by atoms with Crippen LogP contribution in [0.15, 0.2) is 45.6 Å². The molecule has 0 bridgehead atoms. The molecule has 0 spiro atoms. The Morgan fingerprint density at radius 3 is 2.62 bits per heavy atom. The van der Waals surface area contributed by atoms with Crippen molar-refractivity contribution in [2.45, 2.75) is 6.54 Å². The zero-order valence-electron chi connectivity index (χ0n) is 12.5. The summed E-state index contributed by atoms with van der Waals surface area (Å²) in [5.74, 6) is -0.661. The minimum Gasteiger partial charge on any atom is -0.501 e. The molecule has 0 radical (unpaired) electrons. The highest BCUT2D eigenvalue weighted by Crippen LogP contribution is 2.41. The lowest BCUT2D eigenvalue weighted by Crippen LogP contribution is -2.04. The van der Waals surface area contributed by atoms with E-state index < -0.39 is 21.3 Å². The number of phenolic OH excluding ortho intramolecular Hbond substituents is 1. The first-order valence-electron chi connectivity index (χ1n) is 6.72. The van der Waals surface area contributed by atoms with E-state index in [4.69, 9.17) is 11.6 Å². The van der Waals surface area contributed by atoms with Gasteiger partial charge in [0.25, 0.3) is 0 Å². The van der Waals surface area contributed by atoms with Gasteiger partial charge in [0.1, 0.15) is 0 Å². The second kappa shape index (κ2) is 7.91. The molecule has 0 atom stereocenters. The van der Waals surface area contributed by atoms with Crippen LogP contribution in [0.2, 0.25) is 5.02 Å². The smallest absolute Gasteiger partial charge is 0.396 e. The number of fused-ring (bicyclic) bond motifs is 1. The quantitative estimate of drug-likeness (QED) is 0.541. The highest BCUT2D eigenvalue weighted by atomic mass is 35.5. The van der Waals surface area contributed by atoms with Gasteiger partial charge in [0.15, 0.2) is 10.3 Å². The lowest BCUT2D eigenvalue weighted by molar-refractivity contribution is -0.383. The van der Waals surface area contributed by atoms with Gasteiger partial charge in [0.2, 0.25) is 5.75 Å². The summed E-state index contributed by atoms with van der Waals surface area (Å²) >= 11 is 6.08. The number of nitro benzene ring substituents is 1. The Hall–Kier alpha value is -2.42. The Kier molecular flexibility index (Phi) is 5.91. The number of hydrogen-bond donors (Lipinski definition) is 2. The second-order valence-electron chi connectivity index (χ2n) is 4.61. The lowest BCUT2D eigenvalue weighted by Gasteiger charge is -1.97. The Labute approximate surface area is 145 Å². The fraction of sp³-hybridized carbons (Fsp3) is 0.133. The molecule has 9 heteroatoms. The van der Waals surface area contributed by atoms with Gasteiger partial charge in [-0.3, -0.25) is 10.1 Å². The van der Waals surface area contributed by atoms with Gasteiger partial charge in [-0.1, -0.05) is 41.9 Å². The molecule has 0 amide bonds. The summed E-state index contributed by atoms with van der Waals surface area (Å²) in [4.78, 5) is 20.0. The highest BCUT2D eigenvalue weighted by molar-refractivity contribution is 7.16. The van der Waals surface area contributed by atoms with E-state index in [-0.39, 0.29) is 15.3 Å². The van der Waals surface area contributed by atoms with Gasteiger partial charge in [0, 0.05) is 12.6 Å². The summed E-state index contributed by atoms with van der Waals surface area (Å²) in [6, 6.07) is 11.5. The van der Waals surface area contributed by atoms with Crippen molar-refractivity contribution in [2.75, 3.05) is 7.05 Å². The Morgan fingerprint density at radius 1 is 1.38 bits per heavy atom. The van der Waals surface area contributed by atoms with Crippen molar-refractivity contribution < 1.29 is 14.4 Å². The molecular formula is C15H13ClN2O5S. The third-order valence-electron chi connectivity index (χ3n) is 2.93. The summed E-state index contributed by atoms with van der Waals surface area (Å²) in [7, 11) is 1.95. The van der Waals surface area contributed by atoms with Crippen LogP contribution < -0.4 is 10.3 Å². The van der Waals surface area contributed by atoms with Gasteiger partial charge in [-0.15, -0.1) is 0 Å². The predicted octanol–water partition coefficient (Wildman–Crippen LogP) is 3.53. The van der Waals surface area contributed by atoms with E-state index in [9.17, 15) is 20.0 Å².